The van der Waals surface area contributed by atoms with Crippen molar-refractivity contribution in [1.29, 1.82) is 0 Å². The summed E-state index contributed by atoms with van der Waals surface area (Å²) in [4.78, 5) is 12.6. The van der Waals surface area contributed by atoms with Gasteiger partial charge in [-0.1, -0.05) is 72.8 Å². The van der Waals surface area contributed by atoms with Crippen molar-refractivity contribution < 1.29 is 9.53 Å². The van der Waals surface area contributed by atoms with Crippen LogP contribution in [0.3, 0.4) is 0 Å². The molecule has 1 aliphatic rings. The van der Waals surface area contributed by atoms with E-state index in [0.717, 1.165) is 18.4 Å². The van der Waals surface area contributed by atoms with Crippen LogP contribution >= 0.6 is 7.92 Å². The summed E-state index contributed by atoms with van der Waals surface area (Å²) in [6, 6.07) is 27.6. The molecule has 3 aromatic rings. The van der Waals surface area contributed by atoms with Crippen LogP contribution in [-0.4, -0.2) is 12.6 Å². The number of carbonyl (C=O) groups is 1. The summed E-state index contributed by atoms with van der Waals surface area (Å²) in [5.41, 5.74) is 3.58. The molecule has 0 fully saturated rings. The summed E-state index contributed by atoms with van der Waals surface area (Å²) in [6.07, 6.45) is 2.09. The third kappa shape index (κ3) is 3.55. The lowest BCUT2D eigenvalue weighted by molar-refractivity contribution is 0.0525. The van der Waals surface area contributed by atoms with Crippen LogP contribution in [0, 0.1) is 0 Å². The number of fused-ring (bicyclic) bond motifs is 1. The zero-order valence-electron chi connectivity index (χ0n) is 15.5. The van der Waals surface area contributed by atoms with E-state index >= 15 is 0 Å². The lowest BCUT2D eigenvalue weighted by Gasteiger charge is -2.27. The van der Waals surface area contributed by atoms with Gasteiger partial charge in [-0.25, -0.2) is 4.79 Å². The summed E-state index contributed by atoms with van der Waals surface area (Å²) in [5.74, 6) is -0.197. The molecule has 0 saturated carbocycles. The van der Waals surface area contributed by atoms with Crippen molar-refractivity contribution in [2.75, 3.05) is 6.61 Å². The minimum Gasteiger partial charge on any atom is -0.462 e. The van der Waals surface area contributed by atoms with Crippen molar-refractivity contribution in [2.45, 2.75) is 25.4 Å². The number of aryl methyl sites for hydroxylation is 1. The van der Waals surface area contributed by atoms with Crippen LogP contribution in [0.4, 0.5) is 0 Å². The predicted octanol–water partition coefficient (Wildman–Crippen LogP) is 4.98. The highest BCUT2D eigenvalue weighted by Crippen LogP contribution is 2.56. The maximum atomic E-state index is 12.6. The first-order valence-electron chi connectivity index (χ1n) is 9.48. The number of hydrogen-bond donors (Lipinski definition) is 0. The maximum Gasteiger partial charge on any atom is 0.338 e. The van der Waals surface area contributed by atoms with Gasteiger partial charge in [0.25, 0.3) is 0 Å². The van der Waals surface area contributed by atoms with Crippen LogP contribution in [0.5, 0.6) is 0 Å². The standard InChI is InChI=1S/C24H23O2P/c1-2-26-24(25)21-15-9-10-18-16-17-22(23(18)21)27(19-11-5-3-6-12-19)20-13-7-4-8-14-20/h3-15,22H,2,16-17H2,1H3/t22-/m0/s1. The van der Waals surface area contributed by atoms with E-state index in [0.29, 0.717) is 12.3 Å². The SMILES string of the molecule is CCOC(=O)c1cccc2c1[C@@H](P(c1ccccc1)c1ccccc1)CC2. The second kappa shape index (κ2) is 8.06. The second-order valence-corrected chi connectivity index (χ2v) is 9.09. The topological polar surface area (TPSA) is 26.3 Å². The van der Waals surface area contributed by atoms with Gasteiger partial charge in [0.05, 0.1) is 12.2 Å². The third-order valence-electron chi connectivity index (χ3n) is 5.09. The molecular weight excluding hydrogens is 351 g/mol. The Kier molecular flexibility index (Phi) is 5.36. The number of hydrogen-bond acceptors (Lipinski definition) is 2. The van der Waals surface area contributed by atoms with Gasteiger partial charge in [0.2, 0.25) is 0 Å². The van der Waals surface area contributed by atoms with Crippen molar-refractivity contribution in [3.63, 3.8) is 0 Å². The lowest BCUT2D eigenvalue weighted by Crippen LogP contribution is -2.18. The maximum absolute atomic E-state index is 12.6. The zero-order valence-corrected chi connectivity index (χ0v) is 16.4. The fourth-order valence-electron chi connectivity index (χ4n) is 3.99. The molecule has 4 rings (SSSR count). The molecule has 27 heavy (non-hydrogen) atoms. The molecule has 1 atom stereocenters. The molecule has 1 aliphatic carbocycles. The van der Waals surface area contributed by atoms with E-state index in [2.05, 4.69) is 66.7 Å². The molecule has 2 nitrogen and oxygen atoms in total. The summed E-state index contributed by atoms with van der Waals surface area (Å²) in [5, 5.41) is 2.71. The number of esters is 1. The Balaban J connectivity index is 1.84. The van der Waals surface area contributed by atoms with Gasteiger partial charge in [-0.2, -0.15) is 0 Å². The molecule has 3 aromatic carbocycles. The van der Waals surface area contributed by atoms with Gasteiger partial charge in [0.15, 0.2) is 0 Å². The highest BCUT2D eigenvalue weighted by atomic mass is 31.1. The Morgan fingerprint density at radius 3 is 2.15 bits per heavy atom. The minimum atomic E-state index is -0.597. The monoisotopic (exact) mass is 374 g/mol. The number of ether oxygens (including phenoxy) is 1. The highest BCUT2D eigenvalue weighted by Gasteiger charge is 2.35. The Labute approximate surface area is 162 Å². The van der Waals surface area contributed by atoms with Crippen molar-refractivity contribution in [3.05, 3.63) is 95.6 Å². The fraction of sp³-hybridized carbons (Fsp3) is 0.208. The average molecular weight is 374 g/mol. The zero-order chi connectivity index (χ0) is 18.6. The van der Waals surface area contributed by atoms with E-state index in [1.807, 2.05) is 19.1 Å². The van der Waals surface area contributed by atoms with Gasteiger partial charge in [-0.15, -0.1) is 0 Å². The molecule has 0 aromatic heterocycles. The van der Waals surface area contributed by atoms with E-state index in [4.69, 9.17) is 4.74 Å². The first-order valence-corrected chi connectivity index (χ1v) is 10.9. The van der Waals surface area contributed by atoms with Crippen LogP contribution in [0.15, 0.2) is 78.9 Å². The van der Waals surface area contributed by atoms with Gasteiger partial charge in [-0.05, 0) is 55.5 Å². The van der Waals surface area contributed by atoms with Crippen molar-refractivity contribution in [3.8, 4) is 0 Å². The van der Waals surface area contributed by atoms with Gasteiger partial charge in [0, 0.05) is 5.66 Å². The second-order valence-electron chi connectivity index (χ2n) is 6.69. The highest BCUT2D eigenvalue weighted by molar-refractivity contribution is 7.73. The van der Waals surface area contributed by atoms with E-state index < -0.39 is 7.92 Å². The largest absolute Gasteiger partial charge is 0.462 e. The molecule has 0 heterocycles. The first-order chi connectivity index (χ1) is 13.3. The van der Waals surface area contributed by atoms with E-state index in [1.165, 1.54) is 21.7 Å². The van der Waals surface area contributed by atoms with Crippen LogP contribution in [-0.2, 0) is 11.2 Å². The normalized spacial score (nSPS) is 15.6. The van der Waals surface area contributed by atoms with Crippen LogP contribution in [0.2, 0.25) is 0 Å². The molecule has 0 amide bonds. The lowest BCUT2D eigenvalue weighted by atomic mass is 10.0. The van der Waals surface area contributed by atoms with E-state index in [9.17, 15) is 4.79 Å². The molecule has 0 aliphatic heterocycles. The molecule has 0 saturated heterocycles. The molecule has 0 spiro atoms. The molecule has 0 radical (unpaired) electrons. The summed E-state index contributed by atoms with van der Waals surface area (Å²) < 4.78 is 5.36. The van der Waals surface area contributed by atoms with E-state index in [-0.39, 0.29) is 5.97 Å². The van der Waals surface area contributed by atoms with Gasteiger partial charge in [-0.3, -0.25) is 0 Å². The van der Waals surface area contributed by atoms with Crippen molar-refractivity contribution >= 4 is 24.5 Å². The van der Waals surface area contributed by atoms with E-state index in [1.54, 1.807) is 0 Å². The summed E-state index contributed by atoms with van der Waals surface area (Å²) in [6.45, 7) is 2.26. The number of rotatable bonds is 5. The van der Waals surface area contributed by atoms with Gasteiger partial charge >= 0.3 is 5.97 Å². The van der Waals surface area contributed by atoms with Gasteiger partial charge in [0.1, 0.15) is 0 Å². The Morgan fingerprint density at radius 2 is 1.56 bits per heavy atom. The van der Waals surface area contributed by atoms with Crippen LogP contribution in [0.25, 0.3) is 0 Å². The van der Waals surface area contributed by atoms with Crippen LogP contribution in [0.1, 0.15) is 40.5 Å². The fourth-order valence-corrected chi connectivity index (χ4v) is 6.95. The first kappa shape index (κ1) is 17.9. The van der Waals surface area contributed by atoms with Crippen LogP contribution < -0.4 is 10.6 Å². The predicted molar refractivity (Wildman–Crippen MR) is 113 cm³/mol. The average Bonchev–Trinajstić information content (AvgIpc) is 3.14. The number of benzene rings is 3. The quantitative estimate of drug-likeness (QED) is 0.465. The van der Waals surface area contributed by atoms with Crippen molar-refractivity contribution in [2.24, 2.45) is 0 Å². The summed E-state index contributed by atoms with van der Waals surface area (Å²) >= 11 is 0. The molecule has 0 unspecified atom stereocenters. The van der Waals surface area contributed by atoms with Gasteiger partial charge < -0.3 is 4.74 Å². The smallest absolute Gasteiger partial charge is 0.338 e. The number of carbonyl (C=O) groups excluding carboxylic acids is 1. The molecular formula is C24H23O2P. The molecule has 0 N–H and O–H groups in total. The molecule has 3 heteroatoms. The molecule has 136 valence electrons. The Morgan fingerprint density at radius 1 is 0.926 bits per heavy atom. The van der Waals surface area contributed by atoms with Crippen molar-refractivity contribution in [1.82, 2.24) is 0 Å². The summed E-state index contributed by atoms with van der Waals surface area (Å²) in [7, 11) is -0.597. The molecule has 0 bridgehead atoms. The minimum absolute atomic E-state index is 0.197. The Hall–Kier alpha value is -2.44. The Bertz CT molecular complexity index is 882. The third-order valence-corrected chi connectivity index (χ3v) is 7.94.